The van der Waals surface area contributed by atoms with Crippen LogP contribution in [0.3, 0.4) is 0 Å². The number of nitrogens with one attached hydrogen (secondary N) is 1. The molecule has 3 N–H and O–H groups in total. The van der Waals surface area contributed by atoms with Crippen LogP contribution in [-0.4, -0.2) is 60.0 Å². The van der Waals surface area contributed by atoms with Crippen molar-refractivity contribution in [3.63, 3.8) is 0 Å². The Morgan fingerprint density at radius 1 is 1.50 bits per heavy atom. The van der Waals surface area contributed by atoms with Crippen molar-refractivity contribution in [2.24, 2.45) is 0 Å². The number of aliphatic hydroxyl groups is 2. The van der Waals surface area contributed by atoms with Crippen molar-refractivity contribution in [3.05, 3.63) is 0 Å². The van der Waals surface area contributed by atoms with Crippen LogP contribution in [0.25, 0.3) is 0 Å². The number of hydrogen-bond donors (Lipinski definition) is 3. The standard InChI is InChI=1S/C8H18N2O2/c1-7-4-9-2-3-10(7)8(5-11)6-12/h7-9,11-12H,2-6H2,1H3. The first-order valence-corrected chi connectivity index (χ1v) is 4.47. The maximum absolute atomic E-state index is 8.97. The number of rotatable bonds is 3. The minimum absolute atomic E-state index is 0.0425. The summed E-state index contributed by atoms with van der Waals surface area (Å²) < 4.78 is 0. The monoisotopic (exact) mass is 174 g/mol. The molecule has 0 aromatic carbocycles. The highest BCUT2D eigenvalue weighted by Gasteiger charge is 2.24. The van der Waals surface area contributed by atoms with E-state index in [-0.39, 0.29) is 19.3 Å². The van der Waals surface area contributed by atoms with Gasteiger partial charge >= 0.3 is 0 Å². The Morgan fingerprint density at radius 3 is 2.67 bits per heavy atom. The summed E-state index contributed by atoms with van der Waals surface area (Å²) in [6, 6.07) is 0.324. The molecule has 1 saturated heterocycles. The normalized spacial score (nSPS) is 26.5. The first-order chi connectivity index (χ1) is 5.79. The summed E-state index contributed by atoms with van der Waals surface area (Å²) in [5, 5.41) is 21.2. The lowest BCUT2D eigenvalue weighted by Crippen LogP contribution is -2.55. The molecule has 0 amide bonds. The fraction of sp³-hybridized carbons (Fsp3) is 1.00. The van der Waals surface area contributed by atoms with Crippen LogP contribution in [0.15, 0.2) is 0 Å². The fourth-order valence-electron chi connectivity index (χ4n) is 1.67. The highest BCUT2D eigenvalue weighted by molar-refractivity contribution is 4.81. The van der Waals surface area contributed by atoms with Crippen molar-refractivity contribution in [1.82, 2.24) is 10.2 Å². The second-order valence-electron chi connectivity index (χ2n) is 3.31. The molecule has 72 valence electrons. The molecule has 0 saturated carbocycles. The van der Waals surface area contributed by atoms with Crippen LogP contribution >= 0.6 is 0 Å². The Labute approximate surface area is 73.2 Å². The van der Waals surface area contributed by atoms with Gasteiger partial charge in [-0.05, 0) is 6.92 Å². The van der Waals surface area contributed by atoms with Crippen LogP contribution in [0.2, 0.25) is 0 Å². The number of piperazine rings is 1. The Bertz CT molecular complexity index is 128. The summed E-state index contributed by atoms with van der Waals surface area (Å²) >= 11 is 0. The van der Waals surface area contributed by atoms with E-state index in [1.165, 1.54) is 0 Å². The summed E-state index contributed by atoms with van der Waals surface area (Å²) in [6.45, 7) is 4.98. The lowest BCUT2D eigenvalue weighted by atomic mass is 10.1. The number of hydrogen-bond acceptors (Lipinski definition) is 4. The Morgan fingerprint density at radius 2 is 2.17 bits per heavy atom. The van der Waals surface area contributed by atoms with Crippen LogP contribution < -0.4 is 5.32 Å². The predicted molar refractivity (Wildman–Crippen MR) is 47.0 cm³/mol. The molecule has 0 radical (unpaired) electrons. The Kier molecular flexibility index (Phi) is 3.94. The minimum Gasteiger partial charge on any atom is -0.395 e. The van der Waals surface area contributed by atoms with Gasteiger partial charge in [0.15, 0.2) is 0 Å². The van der Waals surface area contributed by atoms with Gasteiger partial charge in [0.25, 0.3) is 0 Å². The van der Waals surface area contributed by atoms with Crippen LogP contribution in [-0.2, 0) is 0 Å². The molecule has 12 heavy (non-hydrogen) atoms. The highest BCUT2D eigenvalue weighted by Crippen LogP contribution is 2.07. The molecule has 0 bridgehead atoms. The van der Waals surface area contributed by atoms with Gasteiger partial charge in [0.2, 0.25) is 0 Å². The van der Waals surface area contributed by atoms with Crippen molar-refractivity contribution in [2.45, 2.75) is 19.0 Å². The highest BCUT2D eigenvalue weighted by atomic mass is 16.3. The van der Waals surface area contributed by atoms with Gasteiger partial charge < -0.3 is 15.5 Å². The molecule has 1 aliphatic rings. The van der Waals surface area contributed by atoms with Crippen molar-refractivity contribution in [2.75, 3.05) is 32.8 Å². The molecule has 1 aliphatic heterocycles. The minimum atomic E-state index is -0.0814. The third-order valence-corrected chi connectivity index (χ3v) is 2.44. The molecule has 1 atom stereocenters. The average molecular weight is 174 g/mol. The largest absolute Gasteiger partial charge is 0.395 e. The van der Waals surface area contributed by atoms with Gasteiger partial charge in [0.1, 0.15) is 0 Å². The zero-order chi connectivity index (χ0) is 8.97. The van der Waals surface area contributed by atoms with Crippen molar-refractivity contribution >= 4 is 0 Å². The van der Waals surface area contributed by atoms with Crippen LogP contribution in [0.1, 0.15) is 6.92 Å². The molecule has 0 spiro atoms. The molecule has 4 nitrogen and oxygen atoms in total. The maximum Gasteiger partial charge on any atom is 0.0609 e. The van der Waals surface area contributed by atoms with E-state index < -0.39 is 0 Å². The predicted octanol–water partition coefficient (Wildman–Crippen LogP) is -1.37. The molecule has 1 heterocycles. The second kappa shape index (κ2) is 4.77. The van der Waals surface area contributed by atoms with Gasteiger partial charge in [0.05, 0.1) is 19.3 Å². The Balaban J connectivity index is 2.45. The average Bonchev–Trinajstić information content (AvgIpc) is 2.10. The van der Waals surface area contributed by atoms with Gasteiger partial charge in [-0.25, -0.2) is 0 Å². The van der Waals surface area contributed by atoms with Crippen molar-refractivity contribution < 1.29 is 10.2 Å². The zero-order valence-corrected chi connectivity index (χ0v) is 7.53. The van der Waals surface area contributed by atoms with Crippen LogP contribution in [0, 0.1) is 0 Å². The molecular weight excluding hydrogens is 156 g/mol. The summed E-state index contributed by atoms with van der Waals surface area (Å²) in [6.07, 6.45) is 0. The summed E-state index contributed by atoms with van der Waals surface area (Å²) in [7, 11) is 0. The van der Waals surface area contributed by atoms with E-state index in [2.05, 4.69) is 17.1 Å². The van der Waals surface area contributed by atoms with Gasteiger partial charge in [0, 0.05) is 25.7 Å². The number of aliphatic hydroxyl groups excluding tert-OH is 2. The molecular formula is C8H18N2O2. The third kappa shape index (κ3) is 2.17. The van der Waals surface area contributed by atoms with Crippen LogP contribution in [0.5, 0.6) is 0 Å². The van der Waals surface area contributed by atoms with Crippen molar-refractivity contribution in [3.8, 4) is 0 Å². The molecule has 0 aromatic rings. The summed E-state index contributed by atoms with van der Waals surface area (Å²) in [5.41, 5.74) is 0. The van der Waals surface area contributed by atoms with Crippen LogP contribution in [0.4, 0.5) is 0 Å². The van der Waals surface area contributed by atoms with E-state index in [0.29, 0.717) is 6.04 Å². The molecule has 0 aliphatic carbocycles. The van der Waals surface area contributed by atoms with E-state index in [1.807, 2.05) is 0 Å². The second-order valence-corrected chi connectivity index (χ2v) is 3.31. The zero-order valence-electron chi connectivity index (χ0n) is 7.53. The summed E-state index contributed by atoms with van der Waals surface area (Å²) in [5.74, 6) is 0. The molecule has 1 unspecified atom stereocenters. The molecule has 1 rings (SSSR count). The first-order valence-electron chi connectivity index (χ1n) is 4.47. The van der Waals surface area contributed by atoms with E-state index in [4.69, 9.17) is 10.2 Å². The molecule has 0 aromatic heterocycles. The van der Waals surface area contributed by atoms with E-state index in [9.17, 15) is 0 Å². The van der Waals surface area contributed by atoms with Gasteiger partial charge in [-0.15, -0.1) is 0 Å². The lowest BCUT2D eigenvalue weighted by Gasteiger charge is -2.38. The number of nitrogens with zero attached hydrogens (tertiary/aromatic N) is 1. The molecule has 4 heteroatoms. The molecule has 1 fully saturated rings. The topological polar surface area (TPSA) is 55.7 Å². The fourth-order valence-corrected chi connectivity index (χ4v) is 1.67. The SMILES string of the molecule is CC1CNCCN1C(CO)CO. The summed E-state index contributed by atoms with van der Waals surface area (Å²) in [4.78, 5) is 2.15. The van der Waals surface area contributed by atoms with Gasteiger partial charge in [-0.3, -0.25) is 4.90 Å². The smallest absolute Gasteiger partial charge is 0.0609 e. The van der Waals surface area contributed by atoms with Gasteiger partial charge in [-0.1, -0.05) is 0 Å². The first kappa shape index (κ1) is 9.92. The maximum atomic E-state index is 8.97. The third-order valence-electron chi connectivity index (χ3n) is 2.44. The lowest BCUT2D eigenvalue weighted by molar-refractivity contribution is 0.0372. The van der Waals surface area contributed by atoms with Crippen molar-refractivity contribution in [1.29, 1.82) is 0 Å². The van der Waals surface area contributed by atoms with E-state index in [1.54, 1.807) is 0 Å². The van der Waals surface area contributed by atoms with E-state index in [0.717, 1.165) is 19.6 Å². The van der Waals surface area contributed by atoms with E-state index >= 15 is 0 Å². The quantitative estimate of drug-likeness (QED) is 0.494. The Hall–Kier alpha value is -0.160. The van der Waals surface area contributed by atoms with Gasteiger partial charge in [-0.2, -0.15) is 0 Å².